The molecule has 0 aromatic heterocycles. The fraction of sp³-hybridized carbons (Fsp3) is 0.917. The van der Waals surface area contributed by atoms with E-state index in [1.165, 1.54) is 12.8 Å². The fourth-order valence-electron chi connectivity index (χ4n) is 1.47. The maximum Gasteiger partial charge on any atom is 0.251 e. The van der Waals surface area contributed by atoms with Crippen molar-refractivity contribution in [2.45, 2.75) is 51.2 Å². The summed E-state index contributed by atoms with van der Waals surface area (Å²) in [4.78, 5) is 11.8. The highest BCUT2D eigenvalue weighted by atomic mass is 16.5. The van der Waals surface area contributed by atoms with Crippen LogP contribution in [0.1, 0.15) is 39.5 Å². The van der Waals surface area contributed by atoms with E-state index in [1.807, 2.05) is 13.8 Å². The van der Waals surface area contributed by atoms with Gasteiger partial charge in [-0.25, -0.2) is 0 Å². The predicted octanol–water partition coefficient (Wildman–Crippen LogP) is 1.06. The number of carbonyl (C=O) groups excluding carboxylic acids is 1. The minimum Gasteiger partial charge on any atom is -0.369 e. The lowest BCUT2D eigenvalue weighted by molar-refractivity contribution is -0.141. The Morgan fingerprint density at radius 3 is 2.62 bits per heavy atom. The minimum atomic E-state index is -0.677. The van der Waals surface area contributed by atoms with Crippen LogP contribution >= 0.6 is 0 Å². The molecule has 94 valence electrons. The van der Waals surface area contributed by atoms with E-state index in [-0.39, 0.29) is 5.91 Å². The van der Waals surface area contributed by atoms with Crippen LogP contribution in [0, 0.1) is 0 Å². The molecule has 1 saturated carbocycles. The molecule has 0 spiro atoms. The number of hydrogen-bond acceptors (Lipinski definition) is 3. The topological polar surface area (TPSA) is 50.4 Å². The molecule has 0 radical (unpaired) electrons. The summed E-state index contributed by atoms with van der Waals surface area (Å²) in [5, 5.41) is 6.33. The molecular weight excluding hydrogens is 204 g/mol. The van der Waals surface area contributed by atoms with Gasteiger partial charge in [-0.15, -0.1) is 0 Å². The lowest BCUT2D eigenvalue weighted by Gasteiger charge is -2.25. The molecular formula is C12H24N2O2. The molecule has 0 aliphatic heterocycles. The van der Waals surface area contributed by atoms with Gasteiger partial charge in [0.15, 0.2) is 0 Å². The number of carbonyl (C=O) groups is 1. The largest absolute Gasteiger partial charge is 0.369 e. The molecule has 2 N–H and O–H groups in total. The highest BCUT2D eigenvalue weighted by Crippen LogP contribution is 2.18. The van der Waals surface area contributed by atoms with Crippen LogP contribution in [0.15, 0.2) is 0 Å². The zero-order chi connectivity index (χ0) is 12.0. The molecule has 0 bridgehead atoms. The van der Waals surface area contributed by atoms with Crippen molar-refractivity contribution in [2.24, 2.45) is 0 Å². The van der Waals surface area contributed by atoms with Crippen molar-refractivity contribution >= 4 is 5.91 Å². The van der Waals surface area contributed by atoms with Gasteiger partial charge in [-0.3, -0.25) is 4.79 Å². The van der Waals surface area contributed by atoms with E-state index in [4.69, 9.17) is 4.74 Å². The first-order chi connectivity index (χ1) is 7.62. The average molecular weight is 228 g/mol. The molecule has 0 heterocycles. The van der Waals surface area contributed by atoms with Crippen molar-refractivity contribution in [3.8, 4) is 0 Å². The normalized spacial score (nSPS) is 19.2. The number of nitrogens with one attached hydrogen (secondary N) is 2. The maximum atomic E-state index is 11.8. The van der Waals surface area contributed by atoms with Crippen LogP contribution in [-0.4, -0.2) is 37.7 Å². The smallest absolute Gasteiger partial charge is 0.251 e. The highest BCUT2D eigenvalue weighted by molar-refractivity contribution is 5.84. The van der Waals surface area contributed by atoms with Gasteiger partial charge in [-0.2, -0.15) is 0 Å². The van der Waals surface area contributed by atoms with Gasteiger partial charge in [0.2, 0.25) is 0 Å². The number of methoxy groups -OCH3 is 1. The second-order valence-corrected chi connectivity index (χ2v) is 4.63. The summed E-state index contributed by atoms with van der Waals surface area (Å²) in [6.07, 6.45) is 4.29. The lowest BCUT2D eigenvalue weighted by atomic mass is 10.0. The standard InChI is InChI=1S/C12H24N2O2/c1-4-12(2,16-3)11(15)14-9-5-8-13-10-6-7-10/h10,13H,4-9H2,1-3H3,(H,14,15). The van der Waals surface area contributed by atoms with Gasteiger partial charge in [-0.05, 0) is 39.2 Å². The van der Waals surface area contributed by atoms with Crippen LogP contribution in [0.25, 0.3) is 0 Å². The maximum absolute atomic E-state index is 11.8. The molecule has 16 heavy (non-hydrogen) atoms. The highest BCUT2D eigenvalue weighted by Gasteiger charge is 2.30. The van der Waals surface area contributed by atoms with E-state index < -0.39 is 5.60 Å². The Morgan fingerprint density at radius 1 is 1.44 bits per heavy atom. The van der Waals surface area contributed by atoms with Gasteiger partial charge in [0.1, 0.15) is 5.60 Å². The van der Waals surface area contributed by atoms with E-state index in [2.05, 4.69) is 10.6 Å². The average Bonchev–Trinajstić information content (AvgIpc) is 3.11. The van der Waals surface area contributed by atoms with Crippen LogP contribution in [0.2, 0.25) is 0 Å². The molecule has 0 aromatic rings. The Balaban J connectivity index is 2.08. The third-order valence-corrected chi connectivity index (χ3v) is 3.25. The Hall–Kier alpha value is -0.610. The summed E-state index contributed by atoms with van der Waals surface area (Å²) in [6.45, 7) is 5.49. The van der Waals surface area contributed by atoms with Gasteiger partial charge in [0, 0.05) is 19.7 Å². The first-order valence-corrected chi connectivity index (χ1v) is 6.19. The van der Waals surface area contributed by atoms with Crippen LogP contribution in [0.4, 0.5) is 0 Å². The monoisotopic (exact) mass is 228 g/mol. The SMILES string of the molecule is CCC(C)(OC)C(=O)NCCCNC1CC1. The fourth-order valence-corrected chi connectivity index (χ4v) is 1.47. The molecule has 4 nitrogen and oxygen atoms in total. The zero-order valence-corrected chi connectivity index (χ0v) is 10.6. The van der Waals surface area contributed by atoms with E-state index in [1.54, 1.807) is 7.11 Å². The minimum absolute atomic E-state index is 0.0103. The second kappa shape index (κ2) is 6.21. The molecule has 4 heteroatoms. The van der Waals surface area contributed by atoms with Gasteiger partial charge in [0.05, 0.1) is 0 Å². The zero-order valence-electron chi connectivity index (χ0n) is 10.6. The Bertz CT molecular complexity index is 223. The van der Waals surface area contributed by atoms with Crippen LogP contribution in [0.3, 0.4) is 0 Å². The van der Waals surface area contributed by atoms with Crippen molar-refractivity contribution in [1.29, 1.82) is 0 Å². The lowest BCUT2D eigenvalue weighted by Crippen LogP contribution is -2.46. The van der Waals surface area contributed by atoms with Crippen molar-refractivity contribution in [3.63, 3.8) is 0 Å². The molecule has 1 amide bonds. The molecule has 1 aliphatic rings. The second-order valence-electron chi connectivity index (χ2n) is 4.63. The van der Waals surface area contributed by atoms with E-state index in [0.717, 1.165) is 25.6 Å². The summed E-state index contributed by atoms with van der Waals surface area (Å²) >= 11 is 0. The quantitative estimate of drug-likeness (QED) is 0.611. The third-order valence-electron chi connectivity index (χ3n) is 3.25. The van der Waals surface area contributed by atoms with Crippen LogP contribution in [-0.2, 0) is 9.53 Å². The van der Waals surface area contributed by atoms with Crippen LogP contribution < -0.4 is 10.6 Å². The molecule has 0 saturated heterocycles. The number of ether oxygens (including phenoxy) is 1. The predicted molar refractivity (Wildman–Crippen MR) is 64.4 cm³/mol. The van der Waals surface area contributed by atoms with Crippen molar-refractivity contribution in [1.82, 2.24) is 10.6 Å². The van der Waals surface area contributed by atoms with Gasteiger partial charge in [0.25, 0.3) is 5.91 Å². The third kappa shape index (κ3) is 4.10. The molecule has 1 atom stereocenters. The van der Waals surface area contributed by atoms with Crippen molar-refractivity contribution in [2.75, 3.05) is 20.2 Å². The first kappa shape index (κ1) is 13.5. The van der Waals surface area contributed by atoms with Gasteiger partial charge in [-0.1, -0.05) is 6.92 Å². The van der Waals surface area contributed by atoms with Gasteiger partial charge < -0.3 is 15.4 Å². The number of amides is 1. The van der Waals surface area contributed by atoms with Gasteiger partial charge >= 0.3 is 0 Å². The summed E-state index contributed by atoms with van der Waals surface area (Å²) in [5.41, 5.74) is -0.677. The molecule has 1 aliphatic carbocycles. The first-order valence-electron chi connectivity index (χ1n) is 6.19. The molecule has 1 unspecified atom stereocenters. The van der Waals surface area contributed by atoms with E-state index in [9.17, 15) is 4.79 Å². The molecule has 1 rings (SSSR count). The summed E-state index contributed by atoms with van der Waals surface area (Å²) in [6, 6.07) is 0.746. The van der Waals surface area contributed by atoms with Crippen LogP contribution in [0.5, 0.6) is 0 Å². The summed E-state index contributed by atoms with van der Waals surface area (Å²) in [5.74, 6) is -0.0103. The Kier molecular flexibility index (Phi) is 5.22. The number of rotatable bonds is 8. The number of hydrogen-bond donors (Lipinski definition) is 2. The van der Waals surface area contributed by atoms with Crippen molar-refractivity contribution < 1.29 is 9.53 Å². The molecule has 1 fully saturated rings. The Morgan fingerprint density at radius 2 is 2.12 bits per heavy atom. The van der Waals surface area contributed by atoms with E-state index >= 15 is 0 Å². The summed E-state index contributed by atoms with van der Waals surface area (Å²) < 4.78 is 5.23. The molecule has 0 aromatic carbocycles. The van der Waals surface area contributed by atoms with E-state index in [0.29, 0.717) is 6.42 Å². The van der Waals surface area contributed by atoms with Crippen molar-refractivity contribution in [3.05, 3.63) is 0 Å². The summed E-state index contributed by atoms with van der Waals surface area (Å²) in [7, 11) is 1.58. The Labute approximate surface area is 98.1 Å².